The summed E-state index contributed by atoms with van der Waals surface area (Å²) < 4.78 is 0. The van der Waals surface area contributed by atoms with Crippen molar-refractivity contribution in [1.82, 2.24) is 5.32 Å². The molecule has 0 fully saturated rings. The Bertz CT molecular complexity index is 437. The second-order valence-electron chi connectivity index (χ2n) is 4.91. The highest BCUT2D eigenvalue weighted by atomic mass is 16.4. The molecule has 19 heavy (non-hydrogen) atoms. The summed E-state index contributed by atoms with van der Waals surface area (Å²) in [6.07, 6.45) is 0.593. The maximum atomic E-state index is 11.3. The molecule has 2 N–H and O–H groups in total. The maximum Gasteiger partial charge on any atom is 0.326 e. The molecule has 1 aromatic rings. The van der Waals surface area contributed by atoms with Crippen molar-refractivity contribution in [1.29, 1.82) is 0 Å². The summed E-state index contributed by atoms with van der Waals surface area (Å²) in [5, 5.41) is 11.6. The van der Waals surface area contributed by atoms with Crippen LogP contribution in [0.4, 0.5) is 0 Å². The largest absolute Gasteiger partial charge is 0.480 e. The van der Waals surface area contributed by atoms with Crippen LogP contribution in [0, 0.1) is 0 Å². The van der Waals surface area contributed by atoms with Crippen molar-refractivity contribution in [2.45, 2.75) is 45.6 Å². The molecule has 104 valence electrons. The van der Waals surface area contributed by atoms with Gasteiger partial charge in [0.2, 0.25) is 5.91 Å². The number of carboxylic acids is 1. The van der Waals surface area contributed by atoms with Gasteiger partial charge in [-0.2, -0.15) is 0 Å². The van der Waals surface area contributed by atoms with Crippen LogP contribution in [0.25, 0.3) is 0 Å². The molecule has 1 unspecified atom stereocenters. The zero-order valence-electron chi connectivity index (χ0n) is 11.6. The summed E-state index contributed by atoms with van der Waals surface area (Å²) in [5.41, 5.74) is 2.13. The lowest BCUT2D eigenvalue weighted by molar-refractivity contribution is -0.141. The average molecular weight is 263 g/mol. The standard InChI is InChI=1S/C15H21NO3/c1-4-14(17)16-13(15(18)19)9-11-5-7-12(8-6-11)10(2)3/h5-8,10,13H,4,9H2,1-3H3,(H,16,17)(H,18,19). The van der Waals surface area contributed by atoms with E-state index in [1.165, 1.54) is 5.56 Å². The molecule has 0 spiro atoms. The number of carboxylic acid groups (broad SMARTS) is 1. The highest BCUT2D eigenvalue weighted by Gasteiger charge is 2.19. The Kier molecular flexibility index (Phi) is 5.55. The fourth-order valence-electron chi connectivity index (χ4n) is 1.77. The lowest BCUT2D eigenvalue weighted by Gasteiger charge is -2.14. The zero-order chi connectivity index (χ0) is 14.4. The third-order valence-corrected chi connectivity index (χ3v) is 3.04. The molecule has 4 heteroatoms. The van der Waals surface area contributed by atoms with E-state index in [0.29, 0.717) is 12.3 Å². The van der Waals surface area contributed by atoms with Crippen LogP contribution in [0.3, 0.4) is 0 Å². The van der Waals surface area contributed by atoms with E-state index in [1.54, 1.807) is 6.92 Å². The van der Waals surface area contributed by atoms with E-state index in [4.69, 9.17) is 5.11 Å². The van der Waals surface area contributed by atoms with Crippen LogP contribution in [0.15, 0.2) is 24.3 Å². The predicted molar refractivity (Wildman–Crippen MR) is 74.1 cm³/mol. The van der Waals surface area contributed by atoms with E-state index < -0.39 is 12.0 Å². The van der Waals surface area contributed by atoms with Crippen LogP contribution in [-0.4, -0.2) is 23.0 Å². The molecule has 1 amide bonds. The van der Waals surface area contributed by atoms with E-state index in [9.17, 15) is 9.59 Å². The SMILES string of the molecule is CCC(=O)NC(Cc1ccc(C(C)C)cc1)C(=O)O. The Balaban J connectivity index is 2.73. The van der Waals surface area contributed by atoms with E-state index in [1.807, 2.05) is 24.3 Å². The maximum absolute atomic E-state index is 11.3. The molecule has 0 aliphatic carbocycles. The number of carbonyl (C=O) groups is 2. The van der Waals surface area contributed by atoms with E-state index in [2.05, 4.69) is 19.2 Å². The molecule has 0 radical (unpaired) electrons. The topological polar surface area (TPSA) is 66.4 Å². The van der Waals surface area contributed by atoms with Crippen LogP contribution >= 0.6 is 0 Å². The molecule has 4 nitrogen and oxygen atoms in total. The number of amides is 1. The highest BCUT2D eigenvalue weighted by molar-refractivity contribution is 5.83. The lowest BCUT2D eigenvalue weighted by atomic mass is 9.99. The molecule has 0 aliphatic rings. The summed E-state index contributed by atoms with van der Waals surface area (Å²) in [5.74, 6) is -0.801. The number of aliphatic carboxylic acids is 1. The van der Waals surface area contributed by atoms with Gasteiger partial charge in [0, 0.05) is 12.8 Å². The molecule has 0 aliphatic heterocycles. The van der Waals surface area contributed by atoms with E-state index in [-0.39, 0.29) is 12.3 Å². The predicted octanol–water partition coefficient (Wildman–Crippen LogP) is 2.33. The number of benzene rings is 1. The third-order valence-electron chi connectivity index (χ3n) is 3.04. The molecule has 0 aromatic heterocycles. The van der Waals surface area contributed by atoms with Crippen molar-refractivity contribution >= 4 is 11.9 Å². The molecule has 0 saturated carbocycles. The normalized spacial score (nSPS) is 12.2. The van der Waals surface area contributed by atoms with Gasteiger partial charge in [-0.1, -0.05) is 45.0 Å². The van der Waals surface area contributed by atoms with Gasteiger partial charge in [0.15, 0.2) is 0 Å². The van der Waals surface area contributed by atoms with E-state index >= 15 is 0 Å². The second kappa shape index (κ2) is 6.92. The summed E-state index contributed by atoms with van der Waals surface area (Å²) >= 11 is 0. The lowest BCUT2D eigenvalue weighted by Crippen LogP contribution is -2.42. The Morgan fingerprint density at radius 1 is 1.21 bits per heavy atom. The smallest absolute Gasteiger partial charge is 0.326 e. The monoisotopic (exact) mass is 263 g/mol. The number of hydrogen-bond acceptors (Lipinski definition) is 2. The Morgan fingerprint density at radius 3 is 2.21 bits per heavy atom. The fraction of sp³-hybridized carbons (Fsp3) is 0.467. The van der Waals surface area contributed by atoms with Gasteiger partial charge < -0.3 is 10.4 Å². The van der Waals surface area contributed by atoms with Gasteiger partial charge in [0.05, 0.1) is 0 Å². The number of nitrogens with one attached hydrogen (secondary N) is 1. The second-order valence-corrected chi connectivity index (χ2v) is 4.91. The molecule has 1 aromatic carbocycles. The van der Waals surface area contributed by atoms with Crippen molar-refractivity contribution in [3.8, 4) is 0 Å². The summed E-state index contributed by atoms with van der Waals surface area (Å²) in [4.78, 5) is 22.4. The van der Waals surface area contributed by atoms with Gasteiger partial charge in [0.25, 0.3) is 0 Å². The first-order chi connectivity index (χ1) is 8.93. The van der Waals surface area contributed by atoms with Crippen LogP contribution in [0.5, 0.6) is 0 Å². The van der Waals surface area contributed by atoms with Gasteiger partial charge >= 0.3 is 5.97 Å². The van der Waals surface area contributed by atoms with E-state index in [0.717, 1.165) is 5.56 Å². The third kappa shape index (κ3) is 4.73. The first kappa shape index (κ1) is 15.2. The molecule has 1 rings (SSSR count). The van der Waals surface area contributed by atoms with Crippen LogP contribution in [0.1, 0.15) is 44.2 Å². The molecule has 0 saturated heterocycles. The number of hydrogen-bond donors (Lipinski definition) is 2. The Labute approximate surface area is 113 Å². The first-order valence-electron chi connectivity index (χ1n) is 6.55. The molecule has 0 heterocycles. The van der Waals surface area contributed by atoms with Crippen molar-refractivity contribution < 1.29 is 14.7 Å². The molecule has 1 atom stereocenters. The van der Waals surface area contributed by atoms with Crippen molar-refractivity contribution in [2.75, 3.05) is 0 Å². The minimum absolute atomic E-state index is 0.244. The summed E-state index contributed by atoms with van der Waals surface area (Å²) in [7, 11) is 0. The number of carbonyl (C=O) groups excluding carboxylic acids is 1. The van der Waals surface area contributed by atoms with Gasteiger partial charge in [-0.3, -0.25) is 4.79 Å². The number of rotatable bonds is 6. The molecular formula is C15H21NO3. The van der Waals surface area contributed by atoms with Gasteiger partial charge in [0.1, 0.15) is 6.04 Å². The molecule has 0 bridgehead atoms. The van der Waals surface area contributed by atoms with Gasteiger partial charge in [-0.05, 0) is 17.0 Å². The van der Waals surface area contributed by atoms with Crippen molar-refractivity contribution in [3.63, 3.8) is 0 Å². The fourth-order valence-corrected chi connectivity index (χ4v) is 1.77. The average Bonchev–Trinajstić information content (AvgIpc) is 2.38. The van der Waals surface area contributed by atoms with Gasteiger partial charge in [-0.25, -0.2) is 4.79 Å². The Morgan fingerprint density at radius 2 is 1.79 bits per heavy atom. The van der Waals surface area contributed by atoms with Gasteiger partial charge in [-0.15, -0.1) is 0 Å². The quantitative estimate of drug-likeness (QED) is 0.827. The zero-order valence-corrected chi connectivity index (χ0v) is 11.6. The van der Waals surface area contributed by atoms with Crippen molar-refractivity contribution in [2.24, 2.45) is 0 Å². The minimum Gasteiger partial charge on any atom is -0.480 e. The highest BCUT2D eigenvalue weighted by Crippen LogP contribution is 2.15. The Hall–Kier alpha value is -1.84. The summed E-state index contributed by atoms with van der Waals surface area (Å²) in [6, 6.07) is 6.98. The first-order valence-corrected chi connectivity index (χ1v) is 6.55. The van der Waals surface area contributed by atoms with Crippen molar-refractivity contribution in [3.05, 3.63) is 35.4 Å². The van der Waals surface area contributed by atoms with Crippen LogP contribution in [0.2, 0.25) is 0 Å². The molecular weight excluding hydrogens is 242 g/mol. The van der Waals surface area contributed by atoms with Crippen LogP contribution < -0.4 is 5.32 Å². The summed E-state index contributed by atoms with van der Waals surface area (Å²) in [6.45, 7) is 5.92. The minimum atomic E-state index is -1.00. The van der Waals surface area contributed by atoms with Crippen LogP contribution in [-0.2, 0) is 16.0 Å².